The predicted octanol–water partition coefficient (Wildman–Crippen LogP) is 4.26. The molecule has 0 aromatic heterocycles. The molecule has 1 amide bonds. The lowest BCUT2D eigenvalue weighted by molar-refractivity contribution is -0.141. The molecule has 8 heteroatoms. The number of carbonyl (C=O) groups is 2. The molecule has 2 rings (SSSR count). The van der Waals surface area contributed by atoms with Crippen molar-refractivity contribution in [3.8, 4) is 11.5 Å². The van der Waals surface area contributed by atoms with Crippen LogP contribution in [0.15, 0.2) is 47.4 Å². The van der Waals surface area contributed by atoms with Gasteiger partial charge >= 0.3 is 5.97 Å². The van der Waals surface area contributed by atoms with Gasteiger partial charge in [0.05, 0.1) is 33.8 Å². The van der Waals surface area contributed by atoms with Crippen LogP contribution in [0.4, 0.5) is 0 Å². The van der Waals surface area contributed by atoms with Crippen molar-refractivity contribution in [1.82, 2.24) is 5.32 Å². The van der Waals surface area contributed by atoms with Crippen LogP contribution in [0.5, 0.6) is 11.5 Å². The van der Waals surface area contributed by atoms with E-state index in [2.05, 4.69) is 5.32 Å². The third-order valence-electron chi connectivity index (χ3n) is 4.16. The van der Waals surface area contributed by atoms with Crippen molar-refractivity contribution in [2.75, 3.05) is 27.1 Å². The zero-order chi connectivity index (χ0) is 21.2. The van der Waals surface area contributed by atoms with Crippen molar-refractivity contribution in [3.05, 3.63) is 53.1 Å². The van der Waals surface area contributed by atoms with Crippen LogP contribution in [-0.2, 0) is 14.3 Å². The van der Waals surface area contributed by atoms with Crippen molar-refractivity contribution >= 4 is 35.2 Å². The molecule has 1 unspecified atom stereocenters. The largest absolute Gasteiger partial charge is 0.493 e. The normalized spacial score (nSPS) is 11.4. The number of ether oxygens (including phenoxy) is 3. The van der Waals surface area contributed by atoms with Gasteiger partial charge in [0, 0.05) is 22.1 Å². The minimum Gasteiger partial charge on any atom is -0.493 e. The number of rotatable bonds is 10. The lowest BCUT2D eigenvalue weighted by atomic mass is 10.0. The van der Waals surface area contributed by atoms with E-state index in [1.807, 2.05) is 24.3 Å². The molecule has 0 fully saturated rings. The number of esters is 1. The summed E-state index contributed by atoms with van der Waals surface area (Å²) in [5.74, 6) is 1.12. The Hall–Kier alpha value is -2.38. The third-order valence-corrected chi connectivity index (χ3v) is 5.42. The zero-order valence-electron chi connectivity index (χ0n) is 16.6. The highest BCUT2D eigenvalue weighted by molar-refractivity contribution is 7.99. The molecule has 1 N–H and O–H groups in total. The van der Waals surface area contributed by atoms with Gasteiger partial charge < -0.3 is 19.5 Å². The van der Waals surface area contributed by atoms with Gasteiger partial charge in [0.2, 0.25) is 5.91 Å². The highest BCUT2D eigenvalue weighted by Gasteiger charge is 2.20. The van der Waals surface area contributed by atoms with Gasteiger partial charge in [-0.1, -0.05) is 17.7 Å². The maximum Gasteiger partial charge on any atom is 0.307 e. The number of amides is 1. The molecule has 2 aromatic carbocycles. The molecule has 0 aliphatic carbocycles. The fourth-order valence-electron chi connectivity index (χ4n) is 2.63. The van der Waals surface area contributed by atoms with E-state index in [0.717, 1.165) is 10.5 Å². The first-order valence-electron chi connectivity index (χ1n) is 8.93. The molecule has 0 radical (unpaired) electrons. The molecular weight excluding hydrogens is 414 g/mol. The number of methoxy groups -OCH3 is 3. The number of halogens is 1. The summed E-state index contributed by atoms with van der Waals surface area (Å²) in [4.78, 5) is 25.3. The summed E-state index contributed by atoms with van der Waals surface area (Å²) >= 11 is 7.44. The van der Waals surface area contributed by atoms with Crippen LogP contribution >= 0.6 is 23.4 Å². The van der Waals surface area contributed by atoms with Gasteiger partial charge in [-0.05, 0) is 42.0 Å². The Morgan fingerprint density at radius 1 is 1.03 bits per heavy atom. The smallest absolute Gasteiger partial charge is 0.307 e. The number of thioether (sulfide) groups is 1. The lowest BCUT2D eigenvalue weighted by Crippen LogP contribution is -2.30. The van der Waals surface area contributed by atoms with Gasteiger partial charge in [-0.15, -0.1) is 11.8 Å². The summed E-state index contributed by atoms with van der Waals surface area (Å²) in [6.45, 7) is 0. The molecule has 6 nitrogen and oxygen atoms in total. The Balaban J connectivity index is 2.02. The van der Waals surface area contributed by atoms with Crippen LogP contribution in [0.2, 0.25) is 5.02 Å². The quantitative estimate of drug-likeness (QED) is 0.442. The zero-order valence-corrected chi connectivity index (χ0v) is 18.1. The minimum absolute atomic E-state index is 0.0159. The van der Waals surface area contributed by atoms with E-state index < -0.39 is 12.0 Å². The van der Waals surface area contributed by atoms with E-state index in [1.165, 1.54) is 14.2 Å². The van der Waals surface area contributed by atoms with Crippen molar-refractivity contribution in [1.29, 1.82) is 0 Å². The van der Waals surface area contributed by atoms with Crippen LogP contribution in [0.25, 0.3) is 0 Å². The number of carbonyl (C=O) groups excluding carboxylic acids is 2. The van der Waals surface area contributed by atoms with Gasteiger partial charge in [0.15, 0.2) is 11.5 Å². The maximum absolute atomic E-state index is 12.5. The monoisotopic (exact) mass is 437 g/mol. The van der Waals surface area contributed by atoms with Crippen molar-refractivity contribution in [2.24, 2.45) is 0 Å². The molecule has 0 bridgehead atoms. The summed E-state index contributed by atoms with van der Waals surface area (Å²) in [5.41, 5.74) is 0.728. The SMILES string of the molecule is COC(=O)CC(NC(=O)CCSc1ccc(Cl)cc1)c1ccc(OC)c(OC)c1. The Bertz CT molecular complexity index is 828. The molecule has 0 aliphatic heterocycles. The van der Waals surface area contributed by atoms with Crippen LogP contribution in [-0.4, -0.2) is 39.0 Å². The summed E-state index contributed by atoms with van der Waals surface area (Å²) in [5, 5.41) is 3.59. The Morgan fingerprint density at radius 3 is 2.34 bits per heavy atom. The van der Waals surface area contributed by atoms with E-state index in [1.54, 1.807) is 37.1 Å². The Labute approximate surface area is 179 Å². The molecule has 29 heavy (non-hydrogen) atoms. The molecule has 0 saturated heterocycles. The number of hydrogen-bond donors (Lipinski definition) is 1. The first-order valence-corrected chi connectivity index (χ1v) is 10.3. The summed E-state index contributed by atoms with van der Waals surface area (Å²) in [6, 6.07) is 12.2. The number of hydrogen-bond acceptors (Lipinski definition) is 6. The van der Waals surface area contributed by atoms with E-state index in [0.29, 0.717) is 28.7 Å². The first-order chi connectivity index (χ1) is 14.0. The van der Waals surface area contributed by atoms with Crippen LogP contribution in [0.1, 0.15) is 24.4 Å². The van der Waals surface area contributed by atoms with Gasteiger partial charge in [-0.2, -0.15) is 0 Å². The lowest BCUT2D eigenvalue weighted by Gasteiger charge is -2.19. The van der Waals surface area contributed by atoms with Crippen LogP contribution < -0.4 is 14.8 Å². The van der Waals surface area contributed by atoms with E-state index in [4.69, 9.17) is 25.8 Å². The molecule has 0 aliphatic rings. The molecule has 0 spiro atoms. The summed E-state index contributed by atoms with van der Waals surface area (Å²) in [7, 11) is 4.39. The topological polar surface area (TPSA) is 73.9 Å². The van der Waals surface area contributed by atoms with E-state index in [9.17, 15) is 9.59 Å². The van der Waals surface area contributed by atoms with Crippen molar-refractivity contribution in [2.45, 2.75) is 23.8 Å². The minimum atomic E-state index is -0.532. The van der Waals surface area contributed by atoms with Crippen molar-refractivity contribution in [3.63, 3.8) is 0 Å². The summed E-state index contributed by atoms with van der Waals surface area (Å²) in [6.07, 6.45) is 0.320. The van der Waals surface area contributed by atoms with Crippen LogP contribution in [0, 0.1) is 0 Å². The molecular formula is C21H24ClNO5S. The second-order valence-corrected chi connectivity index (χ2v) is 7.67. The third kappa shape index (κ3) is 7.18. The van der Waals surface area contributed by atoms with Gasteiger partial charge in [-0.25, -0.2) is 0 Å². The van der Waals surface area contributed by atoms with Gasteiger partial charge in [0.25, 0.3) is 0 Å². The molecule has 156 valence electrons. The van der Waals surface area contributed by atoms with Crippen molar-refractivity contribution < 1.29 is 23.8 Å². The second-order valence-electron chi connectivity index (χ2n) is 6.07. The summed E-state index contributed by atoms with van der Waals surface area (Å²) < 4.78 is 15.3. The highest BCUT2D eigenvalue weighted by atomic mass is 35.5. The van der Waals surface area contributed by atoms with Gasteiger partial charge in [0.1, 0.15) is 0 Å². The Morgan fingerprint density at radius 2 is 1.72 bits per heavy atom. The maximum atomic E-state index is 12.5. The predicted molar refractivity (Wildman–Crippen MR) is 114 cm³/mol. The molecule has 1 atom stereocenters. The van der Waals surface area contributed by atoms with E-state index in [-0.39, 0.29) is 12.3 Å². The standard InChI is InChI=1S/C21H24ClNO5S/c1-26-18-9-4-14(12-19(18)27-2)17(13-21(25)28-3)23-20(24)10-11-29-16-7-5-15(22)6-8-16/h4-9,12,17H,10-11,13H2,1-3H3,(H,23,24). The fourth-order valence-corrected chi connectivity index (χ4v) is 3.61. The van der Waals surface area contributed by atoms with Crippen LogP contribution in [0.3, 0.4) is 0 Å². The molecule has 0 saturated carbocycles. The average Bonchev–Trinajstić information content (AvgIpc) is 2.74. The molecule has 2 aromatic rings. The Kier molecular flexibility index (Phi) is 9.15. The highest BCUT2D eigenvalue weighted by Crippen LogP contribution is 2.31. The number of benzene rings is 2. The fraction of sp³-hybridized carbons (Fsp3) is 0.333. The average molecular weight is 438 g/mol. The first kappa shape index (κ1) is 22.9. The number of nitrogens with one attached hydrogen (secondary N) is 1. The molecule has 0 heterocycles. The second kappa shape index (κ2) is 11.6. The van der Waals surface area contributed by atoms with E-state index >= 15 is 0 Å². The van der Waals surface area contributed by atoms with Gasteiger partial charge in [-0.3, -0.25) is 9.59 Å².